The van der Waals surface area contributed by atoms with Gasteiger partial charge >= 0.3 is 0 Å². The molecule has 1 fully saturated rings. The third-order valence-electron chi connectivity index (χ3n) is 6.09. The Morgan fingerprint density at radius 2 is 1.81 bits per heavy atom. The quantitative estimate of drug-likeness (QED) is 0.634. The molecule has 0 spiro atoms. The highest BCUT2D eigenvalue weighted by Crippen LogP contribution is 2.35. The van der Waals surface area contributed by atoms with E-state index in [0.717, 1.165) is 23.0 Å². The number of rotatable bonds is 6. The van der Waals surface area contributed by atoms with Crippen molar-refractivity contribution in [3.05, 3.63) is 71.7 Å². The summed E-state index contributed by atoms with van der Waals surface area (Å²) in [7, 11) is 0. The maximum atomic E-state index is 14.2. The van der Waals surface area contributed by atoms with Crippen LogP contribution in [-0.4, -0.2) is 39.6 Å². The van der Waals surface area contributed by atoms with Crippen molar-refractivity contribution < 1.29 is 14.3 Å². The van der Waals surface area contributed by atoms with Crippen LogP contribution in [-0.2, 0) is 23.5 Å². The number of aliphatic hydroxyl groups is 1. The average molecular weight is 424 g/mol. The van der Waals surface area contributed by atoms with E-state index in [9.17, 15) is 14.3 Å². The van der Waals surface area contributed by atoms with Crippen molar-refractivity contribution in [2.75, 3.05) is 13.1 Å². The summed E-state index contributed by atoms with van der Waals surface area (Å²) in [6.07, 6.45) is 3.04. The van der Waals surface area contributed by atoms with E-state index in [2.05, 4.69) is 22.5 Å². The number of piperidine rings is 1. The second-order valence-corrected chi connectivity index (χ2v) is 8.81. The largest absolute Gasteiger partial charge is 0.385 e. The number of halogens is 1. The Labute approximate surface area is 182 Å². The average Bonchev–Trinajstić information content (AvgIpc) is 3.07. The van der Waals surface area contributed by atoms with Gasteiger partial charge in [-0.2, -0.15) is 0 Å². The SMILES string of the molecule is CC(C)NC(=O)Cn1cc(CN2CCC(O)(c3ccccc3F)CC2)c2ccccc21. The second-order valence-electron chi connectivity index (χ2n) is 8.81. The molecule has 0 aliphatic carbocycles. The molecule has 1 amide bonds. The molecular formula is C25H30FN3O2. The van der Waals surface area contributed by atoms with E-state index >= 15 is 0 Å². The predicted molar refractivity (Wildman–Crippen MR) is 120 cm³/mol. The highest BCUT2D eigenvalue weighted by atomic mass is 19.1. The summed E-state index contributed by atoms with van der Waals surface area (Å²) < 4.78 is 16.2. The van der Waals surface area contributed by atoms with E-state index in [4.69, 9.17) is 0 Å². The molecule has 0 radical (unpaired) electrons. The van der Waals surface area contributed by atoms with Gasteiger partial charge < -0.3 is 15.0 Å². The summed E-state index contributed by atoms with van der Waals surface area (Å²) in [5.74, 6) is -0.351. The molecule has 5 nitrogen and oxygen atoms in total. The zero-order valence-corrected chi connectivity index (χ0v) is 18.1. The lowest BCUT2D eigenvalue weighted by atomic mass is 9.84. The first kappa shape index (κ1) is 21.5. The standard InChI is InChI=1S/C25H30FN3O2/c1-18(2)27-24(30)17-29-16-19(20-7-3-6-10-23(20)29)15-28-13-11-25(31,12-14-28)21-8-4-5-9-22(21)26/h3-10,16,18,31H,11-15,17H2,1-2H3,(H,27,30). The molecule has 164 valence electrons. The van der Waals surface area contributed by atoms with Gasteiger partial charge in [-0.05, 0) is 44.4 Å². The number of aromatic nitrogens is 1. The normalized spacial score (nSPS) is 16.7. The maximum absolute atomic E-state index is 14.2. The molecule has 2 aromatic carbocycles. The van der Waals surface area contributed by atoms with Gasteiger partial charge in [-0.1, -0.05) is 36.4 Å². The lowest BCUT2D eigenvalue weighted by Gasteiger charge is -2.38. The van der Waals surface area contributed by atoms with Crippen LogP contribution in [0.4, 0.5) is 4.39 Å². The number of amides is 1. The number of nitrogens with one attached hydrogen (secondary N) is 1. The van der Waals surface area contributed by atoms with Crippen LogP contribution in [0.15, 0.2) is 54.7 Å². The highest BCUT2D eigenvalue weighted by molar-refractivity contribution is 5.86. The van der Waals surface area contributed by atoms with Crippen molar-refractivity contribution in [1.82, 2.24) is 14.8 Å². The van der Waals surface area contributed by atoms with Gasteiger partial charge in [-0.3, -0.25) is 9.69 Å². The van der Waals surface area contributed by atoms with Crippen molar-refractivity contribution in [1.29, 1.82) is 0 Å². The van der Waals surface area contributed by atoms with E-state index in [-0.39, 0.29) is 24.3 Å². The van der Waals surface area contributed by atoms with Crippen LogP contribution in [0.5, 0.6) is 0 Å². The van der Waals surface area contributed by atoms with Gasteiger partial charge in [0, 0.05) is 48.3 Å². The Morgan fingerprint density at radius 1 is 1.13 bits per heavy atom. The third-order valence-corrected chi connectivity index (χ3v) is 6.09. The molecular weight excluding hydrogens is 393 g/mol. The minimum Gasteiger partial charge on any atom is -0.385 e. The predicted octanol–water partition coefficient (Wildman–Crippen LogP) is 3.79. The molecule has 0 bridgehead atoms. The Bertz CT molecular complexity index is 1070. The van der Waals surface area contributed by atoms with Crippen LogP contribution >= 0.6 is 0 Å². The van der Waals surface area contributed by atoms with Crippen molar-refractivity contribution in [3.63, 3.8) is 0 Å². The van der Waals surface area contributed by atoms with E-state index < -0.39 is 5.60 Å². The fourth-order valence-corrected chi connectivity index (χ4v) is 4.53. The number of hydrogen-bond acceptors (Lipinski definition) is 3. The summed E-state index contributed by atoms with van der Waals surface area (Å²) in [5.41, 5.74) is 1.47. The first-order chi connectivity index (χ1) is 14.9. The van der Waals surface area contributed by atoms with E-state index in [1.807, 2.05) is 36.6 Å². The fraction of sp³-hybridized carbons (Fsp3) is 0.400. The smallest absolute Gasteiger partial charge is 0.240 e. The molecule has 0 unspecified atom stereocenters. The highest BCUT2D eigenvalue weighted by Gasteiger charge is 2.36. The summed E-state index contributed by atoms with van der Waals surface area (Å²) >= 11 is 0. The molecule has 0 saturated carbocycles. The number of carbonyl (C=O) groups excluding carboxylic acids is 1. The van der Waals surface area contributed by atoms with Crippen molar-refractivity contribution in [2.24, 2.45) is 0 Å². The summed E-state index contributed by atoms with van der Waals surface area (Å²) in [4.78, 5) is 14.6. The second kappa shape index (κ2) is 8.81. The first-order valence-corrected chi connectivity index (χ1v) is 10.9. The van der Waals surface area contributed by atoms with Gasteiger partial charge in [0.25, 0.3) is 0 Å². The van der Waals surface area contributed by atoms with Gasteiger partial charge in [-0.15, -0.1) is 0 Å². The summed E-state index contributed by atoms with van der Waals surface area (Å²) in [5, 5.41) is 15.1. The first-order valence-electron chi connectivity index (χ1n) is 10.9. The molecule has 1 saturated heterocycles. The minimum atomic E-state index is -1.12. The van der Waals surface area contributed by atoms with E-state index in [0.29, 0.717) is 31.5 Å². The number of para-hydroxylation sites is 1. The Balaban J connectivity index is 1.48. The molecule has 4 rings (SSSR count). The molecule has 0 atom stereocenters. The third kappa shape index (κ3) is 4.65. The van der Waals surface area contributed by atoms with Crippen LogP contribution in [0, 0.1) is 5.82 Å². The van der Waals surface area contributed by atoms with Gasteiger partial charge in [0.05, 0.1) is 5.60 Å². The lowest BCUT2D eigenvalue weighted by Crippen LogP contribution is -2.42. The maximum Gasteiger partial charge on any atom is 0.240 e. The van der Waals surface area contributed by atoms with Crippen LogP contribution in [0.2, 0.25) is 0 Å². The number of likely N-dealkylation sites (tertiary alicyclic amines) is 1. The molecule has 1 aromatic heterocycles. The lowest BCUT2D eigenvalue weighted by molar-refractivity contribution is -0.122. The molecule has 2 N–H and O–H groups in total. The van der Waals surface area contributed by atoms with Crippen LogP contribution in [0.1, 0.15) is 37.8 Å². The molecule has 1 aliphatic rings. The van der Waals surface area contributed by atoms with Gasteiger partial charge in [0.15, 0.2) is 0 Å². The number of fused-ring (bicyclic) bond motifs is 1. The van der Waals surface area contributed by atoms with Gasteiger partial charge in [0.1, 0.15) is 12.4 Å². The van der Waals surface area contributed by atoms with Gasteiger partial charge in [0.2, 0.25) is 5.91 Å². The molecule has 6 heteroatoms. The number of benzene rings is 2. The van der Waals surface area contributed by atoms with Crippen LogP contribution in [0.3, 0.4) is 0 Å². The monoisotopic (exact) mass is 423 g/mol. The number of hydrogen-bond donors (Lipinski definition) is 2. The Kier molecular flexibility index (Phi) is 6.12. The zero-order valence-electron chi connectivity index (χ0n) is 18.1. The molecule has 1 aliphatic heterocycles. The number of nitrogens with zero attached hydrogens (tertiary/aromatic N) is 2. The fourth-order valence-electron chi connectivity index (χ4n) is 4.53. The molecule has 3 aromatic rings. The summed E-state index contributed by atoms with van der Waals surface area (Å²) in [6, 6.07) is 14.7. The topological polar surface area (TPSA) is 57.5 Å². The van der Waals surface area contributed by atoms with Crippen molar-refractivity contribution in [3.8, 4) is 0 Å². The minimum absolute atomic E-state index is 0.00442. The number of carbonyl (C=O) groups is 1. The van der Waals surface area contributed by atoms with Crippen molar-refractivity contribution >= 4 is 16.8 Å². The van der Waals surface area contributed by atoms with E-state index in [1.54, 1.807) is 18.2 Å². The Hall–Kier alpha value is -2.70. The van der Waals surface area contributed by atoms with E-state index in [1.165, 1.54) is 6.07 Å². The summed E-state index contributed by atoms with van der Waals surface area (Å²) in [6.45, 7) is 6.28. The van der Waals surface area contributed by atoms with Crippen LogP contribution < -0.4 is 5.32 Å². The molecule has 31 heavy (non-hydrogen) atoms. The van der Waals surface area contributed by atoms with Crippen molar-refractivity contribution in [2.45, 2.75) is 51.4 Å². The molecule has 2 heterocycles. The Morgan fingerprint density at radius 3 is 2.52 bits per heavy atom. The van der Waals surface area contributed by atoms with Gasteiger partial charge in [-0.25, -0.2) is 4.39 Å². The van der Waals surface area contributed by atoms with Crippen LogP contribution in [0.25, 0.3) is 10.9 Å². The zero-order chi connectivity index (χ0) is 22.0.